The molecule has 5 rings (SSSR count). The maximum atomic E-state index is 13.9. The lowest BCUT2D eigenvalue weighted by molar-refractivity contribution is -0.146. The Morgan fingerprint density at radius 1 is 1.03 bits per heavy atom. The van der Waals surface area contributed by atoms with Crippen LogP contribution in [0.4, 0.5) is 0 Å². The predicted molar refractivity (Wildman–Crippen MR) is 128 cm³/mol. The molecule has 4 heteroatoms. The van der Waals surface area contributed by atoms with Gasteiger partial charge in [-0.1, -0.05) is 67.6 Å². The van der Waals surface area contributed by atoms with Crippen LogP contribution in [0, 0.1) is 11.3 Å². The molecule has 2 aromatic rings. The Hall–Kier alpha value is -2.17. The Balaban J connectivity index is 1.23. The minimum atomic E-state index is -0.238. The van der Waals surface area contributed by atoms with Gasteiger partial charge in [-0.25, -0.2) is 0 Å². The molecule has 3 fully saturated rings. The van der Waals surface area contributed by atoms with E-state index in [2.05, 4.69) is 77.4 Å². The first kappa shape index (κ1) is 21.7. The van der Waals surface area contributed by atoms with Crippen molar-refractivity contribution >= 4 is 5.91 Å². The highest BCUT2D eigenvalue weighted by atomic mass is 16.5. The number of benzene rings is 2. The Morgan fingerprint density at radius 2 is 1.72 bits per heavy atom. The fourth-order valence-electron chi connectivity index (χ4n) is 6.05. The molecular formula is C28H36N2O2. The van der Waals surface area contributed by atoms with E-state index in [9.17, 15) is 4.79 Å². The van der Waals surface area contributed by atoms with Gasteiger partial charge in [0, 0.05) is 43.0 Å². The first-order valence-electron chi connectivity index (χ1n) is 12.3. The van der Waals surface area contributed by atoms with Crippen LogP contribution in [0.15, 0.2) is 60.7 Å². The molecule has 170 valence electrons. The number of hydrogen-bond acceptors (Lipinski definition) is 3. The molecule has 0 saturated carbocycles. The van der Waals surface area contributed by atoms with Crippen LogP contribution in [0.5, 0.6) is 0 Å². The molecule has 0 aliphatic carbocycles. The largest absolute Gasteiger partial charge is 0.381 e. The van der Waals surface area contributed by atoms with Gasteiger partial charge >= 0.3 is 0 Å². The molecule has 3 atom stereocenters. The molecule has 2 aromatic carbocycles. The van der Waals surface area contributed by atoms with E-state index in [0.717, 1.165) is 65.1 Å². The third kappa shape index (κ3) is 4.35. The summed E-state index contributed by atoms with van der Waals surface area (Å²) < 4.78 is 5.87. The van der Waals surface area contributed by atoms with Crippen molar-refractivity contribution in [2.75, 3.05) is 39.4 Å². The Kier molecular flexibility index (Phi) is 6.34. The van der Waals surface area contributed by atoms with E-state index >= 15 is 0 Å². The van der Waals surface area contributed by atoms with E-state index in [0.29, 0.717) is 23.8 Å². The molecule has 3 saturated heterocycles. The lowest BCUT2D eigenvalue weighted by Gasteiger charge is -2.42. The van der Waals surface area contributed by atoms with E-state index in [-0.39, 0.29) is 5.41 Å². The van der Waals surface area contributed by atoms with E-state index in [1.807, 2.05) is 0 Å². The predicted octanol–water partition coefficient (Wildman–Crippen LogP) is 4.36. The minimum Gasteiger partial charge on any atom is -0.381 e. The number of rotatable bonds is 5. The van der Waals surface area contributed by atoms with Gasteiger partial charge in [0.05, 0.1) is 6.61 Å². The maximum absolute atomic E-state index is 13.9. The number of amides is 1. The minimum absolute atomic E-state index is 0.238. The normalized spacial score (nSPS) is 27.8. The molecule has 0 N–H and O–H groups in total. The monoisotopic (exact) mass is 432 g/mol. The highest BCUT2D eigenvalue weighted by molar-refractivity contribution is 5.83. The Labute approximate surface area is 192 Å². The maximum Gasteiger partial charge on any atom is 0.228 e. The number of likely N-dealkylation sites (tertiary alicyclic amines) is 2. The second kappa shape index (κ2) is 9.36. The van der Waals surface area contributed by atoms with Gasteiger partial charge < -0.3 is 14.5 Å². The molecule has 3 heterocycles. The highest BCUT2D eigenvalue weighted by Gasteiger charge is 2.50. The summed E-state index contributed by atoms with van der Waals surface area (Å²) in [5.74, 6) is 1.19. The highest BCUT2D eigenvalue weighted by Crippen LogP contribution is 2.44. The quantitative estimate of drug-likeness (QED) is 0.704. The van der Waals surface area contributed by atoms with Crippen LogP contribution in [0.1, 0.15) is 43.2 Å². The van der Waals surface area contributed by atoms with Crippen molar-refractivity contribution in [3.05, 3.63) is 71.8 Å². The average molecular weight is 433 g/mol. The Morgan fingerprint density at radius 3 is 2.44 bits per heavy atom. The first-order chi connectivity index (χ1) is 15.6. The van der Waals surface area contributed by atoms with Crippen LogP contribution in [0.2, 0.25) is 0 Å². The molecule has 0 aromatic heterocycles. The number of nitrogens with zero attached hydrogens (tertiary/aromatic N) is 2. The van der Waals surface area contributed by atoms with E-state index in [1.165, 1.54) is 11.1 Å². The molecule has 32 heavy (non-hydrogen) atoms. The molecular weight excluding hydrogens is 396 g/mol. The van der Waals surface area contributed by atoms with Gasteiger partial charge in [-0.2, -0.15) is 0 Å². The van der Waals surface area contributed by atoms with Crippen molar-refractivity contribution in [3.8, 4) is 0 Å². The summed E-state index contributed by atoms with van der Waals surface area (Å²) in [6.45, 7) is 7.72. The third-order valence-corrected chi connectivity index (χ3v) is 8.20. The van der Waals surface area contributed by atoms with E-state index in [1.54, 1.807) is 0 Å². The van der Waals surface area contributed by atoms with Crippen LogP contribution in [0.3, 0.4) is 0 Å². The van der Waals surface area contributed by atoms with Gasteiger partial charge in [0.15, 0.2) is 0 Å². The number of piperidine rings is 1. The SMILES string of the molecule is CC1(C(=O)N2C[C@H](c3ccccc3)[C@H]3COCC[C@H]32)CCN(CCc2ccccc2)CC1. The average Bonchev–Trinajstić information content (AvgIpc) is 3.24. The van der Waals surface area contributed by atoms with Gasteiger partial charge in [-0.15, -0.1) is 0 Å². The molecule has 0 bridgehead atoms. The smallest absolute Gasteiger partial charge is 0.228 e. The fraction of sp³-hybridized carbons (Fsp3) is 0.536. The van der Waals surface area contributed by atoms with Gasteiger partial charge in [0.2, 0.25) is 5.91 Å². The molecule has 4 nitrogen and oxygen atoms in total. The van der Waals surface area contributed by atoms with Crippen LogP contribution >= 0.6 is 0 Å². The number of hydrogen-bond donors (Lipinski definition) is 0. The number of carbonyl (C=O) groups excluding carboxylic acids is 1. The molecule has 3 aliphatic rings. The van der Waals surface area contributed by atoms with Crippen molar-refractivity contribution in [2.45, 2.75) is 44.6 Å². The standard InChI is InChI=1S/C28H36N2O2/c1-28(14-17-29(18-15-28)16-12-22-8-4-2-5-9-22)27(31)30-20-24(23-10-6-3-7-11-23)25-21-32-19-13-26(25)30/h2-11,24-26H,12-21H2,1H3/t24-,25-,26-/m1/s1. The zero-order valence-electron chi connectivity index (χ0n) is 19.3. The molecule has 1 amide bonds. The summed E-state index contributed by atoms with van der Waals surface area (Å²) in [5.41, 5.74) is 2.51. The molecule has 3 aliphatic heterocycles. The van der Waals surface area contributed by atoms with E-state index < -0.39 is 0 Å². The fourth-order valence-corrected chi connectivity index (χ4v) is 6.05. The summed E-state index contributed by atoms with van der Waals surface area (Å²) in [5, 5.41) is 0. The zero-order valence-corrected chi connectivity index (χ0v) is 19.3. The Bertz CT molecular complexity index is 892. The number of ether oxygens (including phenoxy) is 1. The van der Waals surface area contributed by atoms with Gasteiger partial charge in [-0.3, -0.25) is 4.79 Å². The van der Waals surface area contributed by atoms with Crippen LogP contribution in [-0.2, 0) is 16.0 Å². The topological polar surface area (TPSA) is 32.8 Å². The number of carbonyl (C=O) groups is 1. The van der Waals surface area contributed by atoms with Crippen molar-refractivity contribution in [1.82, 2.24) is 9.80 Å². The van der Waals surface area contributed by atoms with Crippen molar-refractivity contribution in [2.24, 2.45) is 11.3 Å². The second-order valence-corrected chi connectivity index (χ2v) is 10.2. The summed E-state index contributed by atoms with van der Waals surface area (Å²) >= 11 is 0. The lowest BCUT2D eigenvalue weighted by Crippen LogP contribution is -2.52. The second-order valence-electron chi connectivity index (χ2n) is 10.2. The van der Waals surface area contributed by atoms with Crippen LogP contribution in [0.25, 0.3) is 0 Å². The molecule has 0 radical (unpaired) electrons. The summed E-state index contributed by atoms with van der Waals surface area (Å²) in [6.07, 6.45) is 3.97. The molecule has 0 spiro atoms. The third-order valence-electron chi connectivity index (χ3n) is 8.20. The van der Waals surface area contributed by atoms with Gasteiger partial charge in [-0.05, 0) is 49.9 Å². The number of fused-ring (bicyclic) bond motifs is 1. The van der Waals surface area contributed by atoms with Crippen LogP contribution in [-0.4, -0.2) is 61.1 Å². The van der Waals surface area contributed by atoms with Crippen molar-refractivity contribution in [1.29, 1.82) is 0 Å². The van der Waals surface area contributed by atoms with Crippen LogP contribution < -0.4 is 0 Å². The van der Waals surface area contributed by atoms with Crippen molar-refractivity contribution in [3.63, 3.8) is 0 Å². The lowest BCUT2D eigenvalue weighted by atomic mass is 9.78. The van der Waals surface area contributed by atoms with Gasteiger partial charge in [0.25, 0.3) is 0 Å². The van der Waals surface area contributed by atoms with Gasteiger partial charge in [0.1, 0.15) is 0 Å². The summed E-state index contributed by atoms with van der Waals surface area (Å²) in [7, 11) is 0. The summed E-state index contributed by atoms with van der Waals surface area (Å²) in [6, 6.07) is 21.8. The summed E-state index contributed by atoms with van der Waals surface area (Å²) in [4.78, 5) is 18.7. The zero-order chi connectivity index (χ0) is 22.0. The first-order valence-corrected chi connectivity index (χ1v) is 12.3. The van der Waals surface area contributed by atoms with Crippen molar-refractivity contribution < 1.29 is 9.53 Å². The molecule has 0 unspecified atom stereocenters. The van der Waals surface area contributed by atoms with E-state index in [4.69, 9.17) is 4.74 Å².